The first kappa shape index (κ1) is 13.5. The van der Waals surface area contributed by atoms with E-state index in [2.05, 4.69) is 0 Å². The van der Waals surface area contributed by atoms with E-state index >= 15 is 0 Å². The average Bonchev–Trinajstić information content (AvgIpc) is 2.51. The molecule has 3 rings (SSSR count). The van der Waals surface area contributed by atoms with Crippen LogP contribution in [0.4, 0.5) is 0 Å². The van der Waals surface area contributed by atoms with E-state index in [4.69, 9.17) is 0 Å². The maximum absolute atomic E-state index is 12.6. The number of allylic oxidation sites excluding steroid dienone is 2. The van der Waals surface area contributed by atoms with Crippen LogP contribution in [0.5, 0.6) is 0 Å². The lowest BCUT2D eigenvalue weighted by molar-refractivity contribution is 0.0979. The second kappa shape index (κ2) is 4.81. The Labute approximate surface area is 124 Å². The third-order valence-corrected chi connectivity index (χ3v) is 4.11. The quantitative estimate of drug-likeness (QED) is 0.665. The molecule has 0 spiro atoms. The van der Waals surface area contributed by atoms with Crippen molar-refractivity contribution < 1.29 is 9.59 Å². The fraction of sp³-hybridized carbons (Fsp3) is 0.158. The number of benzene rings is 2. The Morgan fingerprint density at radius 3 is 1.81 bits per heavy atom. The number of hydrogen-bond acceptors (Lipinski definition) is 2. The van der Waals surface area contributed by atoms with E-state index in [1.54, 1.807) is 30.3 Å². The Morgan fingerprint density at radius 2 is 1.24 bits per heavy atom. The van der Waals surface area contributed by atoms with Crippen LogP contribution in [0, 0.1) is 0 Å². The van der Waals surface area contributed by atoms with Crippen LogP contribution >= 0.6 is 0 Å². The van der Waals surface area contributed by atoms with E-state index < -0.39 is 0 Å². The van der Waals surface area contributed by atoms with Crippen LogP contribution in [-0.2, 0) is 0 Å². The molecule has 0 unspecified atom stereocenters. The topological polar surface area (TPSA) is 34.1 Å². The average molecular weight is 276 g/mol. The van der Waals surface area contributed by atoms with Gasteiger partial charge in [0.2, 0.25) is 0 Å². The molecule has 0 amide bonds. The van der Waals surface area contributed by atoms with Gasteiger partial charge in [-0.25, -0.2) is 0 Å². The second-order valence-electron chi connectivity index (χ2n) is 5.59. The van der Waals surface area contributed by atoms with E-state index in [1.807, 2.05) is 32.9 Å². The van der Waals surface area contributed by atoms with Crippen LogP contribution in [-0.4, -0.2) is 11.6 Å². The Hall–Kier alpha value is -2.48. The molecule has 0 radical (unpaired) electrons. The second-order valence-corrected chi connectivity index (χ2v) is 5.59. The maximum Gasteiger partial charge on any atom is 0.194 e. The zero-order valence-corrected chi connectivity index (χ0v) is 12.4. The van der Waals surface area contributed by atoms with Crippen molar-refractivity contribution in [2.24, 2.45) is 0 Å². The highest BCUT2D eigenvalue weighted by Gasteiger charge is 2.29. The molecule has 0 heterocycles. The van der Waals surface area contributed by atoms with Crippen molar-refractivity contribution in [2.75, 3.05) is 0 Å². The highest BCUT2D eigenvalue weighted by molar-refractivity contribution is 6.28. The summed E-state index contributed by atoms with van der Waals surface area (Å²) in [5, 5.41) is 0. The van der Waals surface area contributed by atoms with Gasteiger partial charge < -0.3 is 0 Å². The maximum atomic E-state index is 12.6. The lowest BCUT2D eigenvalue weighted by Gasteiger charge is -2.18. The molecule has 0 fully saturated rings. The number of rotatable bonds is 1. The minimum atomic E-state index is -0.0680. The largest absolute Gasteiger partial charge is 0.289 e. The Bertz CT molecular complexity index is 806. The van der Waals surface area contributed by atoms with Gasteiger partial charge in [-0.2, -0.15) is 0 Å². The van der Waals surface area contributed by atoms with Gasteiger partial charge in [0, 0.05) is 22.3 Å². The van der Waals surface area contributed by atoms with Gasteiger partial charge in [0.25, 0.3) is 0 Å². The molecule has 2 aromatic rings. The monoisotopic (exact) mass is 276 g/mol. The zero-order valence-electron chi connectivity index (χ0n) is 12.4. The summed E-state index contributed by atoms with van der Waals surface area (Å²) in [7, 11) is 0. The van der Waals surface area contributed by atoms with Crippen LogP contribution in [0.1, 0.15) is 58.2 Å². The number of fused-ring (bicyclic) bond motifs is 2. The van der Waals surface area contributed by atoms with Crippen LogP contribution in [0.15, 0.2) is 48.0 Å². The van der Waals surface area contributed by atoms with Gasteiger partial charge in [-0.15, -0.1) is 0 Å². The summed E-state index contributed by atoms with van der Waals surface area (Å²) in [6.07, 6.45) is 0. The summed E-state index contributed by atoms with van der Waals surface area (Å²) in [6.45, 7) is 6.11. The van der Waals surface area contributed by atoms with Crippen molar-refractivity contribution in [3.05, 3.63) is 75.9 Å². The highest BCUT2D eigenvalue weighted by atomic mass is 16.1. The summed E-state index contributed by atoms with van der Waals surface area (Å²) >= 11 is 0. The smallest absolute Gasteiger partial charge is 0.194 e. The van der Waals surface area contributed by atoms with Crippen molar-refractivity contribution >= 4 is 17.1 Å². The Morgan fingerprint density at radius 1 is 0.714 bits per heavy atom. The third-order valence-electron chi connectivity index (χ3n) is 4.11. The third kappa shape index (κ3) is 2.04. The minimum Gasteiger partial charge on any atom is -0.289 e. The SMILES string of the molecule is CC(C)=C(C)c1ccc2c(c1)C(=O)c1ccccc1C2=O. The van der Waals surface area contributed by atoms with Crippen molar-refractivity contribution in [1.29, 1.82) is 0 Å². The van der Waals surface area contributed by atoms with Crippen molar-refractivity contribution in [1.82, 2.24) is 0 Å². The first-order chi connectivity index (χ1) is 10.0. The lowest BCUT2D eigenvalue weighted by atomic mass is 9.82. The molecule has 21 heavy (non-hydrogen) atoms. The Balaban J connectivity index is 2.22. The lowest BCUT2D eigenvalue weighted by Crippen LogP contribution is -2.20. The molecule has 0 atom stereocenters. The summed E-state index contributed by atoms with van der Waals surface area (Å²) in [5.41, 5.74) is 5.35. The molecule has 1 aliphatic rings. The van der Waals surface area contributed by atoms with E-state index in [0.29, 0.717) is 22.3 Å². The zero-order chi connectivity index (χ0) is 15.1. The fourth-order valence-electron chi connectivity index (χ4n) is 2.62. The van der Waals surface area contributed by atoms with Gasteiger partial charge in [-0.3, -0.25) is 9.59 Å². The number of hydrogen-bond donors (Lipinski definition) is 0. The molecule has 2 nitrogen and oxygen atoms in total. The molecule has 0 saturated heterocycles. The Kier molecular flexibility index (Phi) is 3.09. The van der Waals surface area contributed by atoms with Gasteiger partial charge in [0.1, 0.15) is 0 Å². The number of carbonyl (C=O) groups is 2. The molecule has 0 saturated carbocycles. The fourth-order valence-corrected chi connectivity index (χ4v) is 2.62. The molecule has 104 valence electrons. The molecular weight excluding hydrogens is 260 g/mol. The van der Waals surface area contributed by atoms with E-state index in [1.165, 1.54) is 5.57 Å². The van der Waals surface area contributed by atoms with Gasteiger partial charge >= 0.3 is 0 Å². The van der Waals surface area contributed by atoms with Gasteiger partial charge in [0.05, 0.1) is 0 Å². The summed E-state index contributed by atoms with van der Waals surface area (Å²) in [4.78, 5) is 25.1. The first-order valence-electron chi connectivity index (χ1n) is 6.97. The predicted octanol–water partition coefficient (Wildman–Crippen LogP) is 4.28. The molecular formula is C19H16O2. The van der Waals surface area contributed by atoms with Crippen molar-refractivity contribution in [2.45, 2.75) is 20.8 Å². The van der Waals surface area contributed by atoms with Crippen LogP contribution in [0.3, 0.4) is 0 Å². The van der Waals surface area contributed by atoms with Gasteiger partial charge in [-0.1, -0.05) is 35.9 Å². The molecule has 0 N–H and O–H groups in total. The molecule has 0 bridgehead atoms. The summed E-state index contributed by atoms with van der Waals surface area (Å²) < 4.78 is 0. The standard InChI is InChI=1S/C19H16O2/c1-11(2)12(3)13-8-9-16-17(10-13)19(21)15-7-5-4-6-14(15)18(16)20/h4-10H,1-3H3. The van der Waals surface area contributed by atoms with Gasteiger partial charge in [0.15, 0.2) is 11.6 Å². The minimum absolute atomic E-state index is 0.0661. The molecule has 1 aliphatic carbocycles. The van der Waals surface area contributed by atoms with Crippen molar-refractivity contribution in [3.63, 3.8) is 0 Å². The van der Waals surface area contributed by atoms with Crippen LogP contribution < -0.4 is 0 Å². The van der Waals surface area contributed by atoms with Crippen LogP contribution in [0.2, 0.25) is 0 Å². The summed E-state index contributed by atoms with van der Waals surface area (Å²) in [6, 6.07) is 12.5. The molecule has 0 aliphatic heterocycles. The van der Waals surface area contributed by atoms with Crippen molar-refractivity contribution in [3.8, 4) is 0 Å². The van der Waals surface area contributed by atoms with E-state index in [-0.39, 0.29) is 11.6 Å². The highest BCUT2D eigenvalue weighted by Crippen LogP contribution is 2.30. The van der Waals surface area contributed by atoms with E-state index in [9.17, 15) is 9.59 Å². The van der Waals surface area contributed by atoms with Gasteiger partial charge in [-0.05, 0) is 44.0 Å². The summed E-state index contributed by atoms with van der Waals surface area (Å²) in [5.74, 6) is -0.134. The number of carbonyl (C=O) groups excluding carboxylic acids is 2. The normalized spacial score (nSPS) is 12.7. The number of ketones is 2. The van der Waals surface area contributed by atoms with E-state index in [0.717, 1.165) is 11.1 Å². The molecule has 2 aromatic carbocycles. The molecule has 0 aromatic heterocycles. The molecule has 2 heteroatoms. The predicted molar refractivity (Wildman–Crippen MR) is 83.7 cm³/mol. The van der Waals surface area contributed by atoms with Crippen LogP contribution in [0.25, 0.3) is 5.57 Å². The first-order valence-corrected chi connectivity index (χ1v) is 6.97.